The van der Waals surface area contributed by atoms with Crippen LogP contribution in [-0.2, 0) is 4.79 Å². The zero-order valence-corrected chi connectivity index (χ0v) is 11.0. The maximum Gasteiger partial charge on any atom is 0.323 e. The summed E-state index contributed by atoms with van der Waals surface area (Å²) in [5.74, 6) is -0.396. The summed E-state index contributed by atoms with van der Waals surface area (Å²) in [4.78, 5) is 26.7. The fourth-order valence-electron chi connectivity index (χ4n) is 2.68. The number of urea groups is 1. The van der Waals surface area contributed by atoms with E-state index in [2.05, 4.69) is 6.92 Å². The van der Waals surface area contributed by atoms with E-state index in [0.29, 0.717) is 18.5 Å². The number of likely N-dealkylation sites (tertiary alicyclic amines) is 1. The van der Waals surface area contributed by atoms with Gasteiger partial charge in [-0.25, -0.2) is 4.79 Å². The number of rotatable bonds is 5. The summed E-state index contributed by atoms with van der Waals surface area (Å²) in [6.45, 7) is 3.30. The topological polar surface area (TPSA) is 60.9 Å². The summed E-state index contributed by atoms with van der Waals surface area (Å²) in [5.41, 5.74) is 0. The Morgan fingerprint density at radius 2 is 2.06 bits per heavy atom. The second kappa shape index (κ2) is 5.59. The number of nitrogens with zero attached hydrogens (tertiary/aromatic N) is 2. The Balaban J connectivity index is 1.98. The van der Waals surface area contributed by atoms with Gasteiger partial charge in [0.2, 0.25) is 0 Å². The van der Waals surface area contributed by atoms with Crippen LogP contribution < -0.4 is 0 Å². The van der Waals surface area contributed by atoms with Crippen LogP contribution in [-0.4, -0.2) is 52.6 Å². The Morgan fingerprint density at radius 3 is 2.61 bits per heavy atom. The number of aliphatic carboxylic acids is 1. The van der Waals surface area contributed by atoms with Crippen LogP contribution in [0.5, 0.6) is 0 Å². The van der Waals surface area contributed by atoms with Gasteiger partial charge in [0.15, 0.2) is 0 Å². The molecule has 1 atom stereocenters. The molecule has 1 heterocycles. The lowest BCUT2D eigenvalue weighted by Gasteiger charge is -2.30. The quantitative estimate of drug-likeness (QED) is 0.813. The van der Waals surface area contributed by atoms with E-state index < -0.39 is 5.97 Å². The van der Waals surface area contributed by atoms with Crippen molar-refractivity contribution in [2.45, 2.75) is 45.1 Å². The molecule has 1 saturated carbocycles. The molecule has 2 fully saturated rings. The Labute approximate surface area is 108 Å². The third kappa shape index (κ3) is 3.15. The van der Waals surface area contributed by atoms with Crippen LogP contribution in [0.15, 0.2) is 0 Å². The van der Waals surface area contributed by atoms with E-state index in [0.717, 1.165) is 38.6 Å². The van der Waals surface area contributed by atoms with Gasteiger partial charge in [0.1, 0.15) is 6.54 Å². The summed E-state index contributed by atoms with van der Waals surface area (Å²) in [5, 5.41) is 8.92. The predicted molar refractivity (Wildman–Crippen MR) is 67.3 cm³/mol. The predicted octanol–water partition coefficient (Wildman–Crippen LogP) is 1.78. The van der Waals surface area contributed by atoms with Gasteiger partial charge in [0.25, 0.3) is 0 Å². The molecule has 2 rings (SSSR count). The Bertz CT molecular complexity index is 328. The van der Waals surface area contributed by atoms with Gasteiger partial charge >= 0.3 is 12.0 Å². The number of amides is 2. The normalized spacial score (nSPS) is 23.2. The lowest BCUT2D eigenvalue weighted by molar-refractivity contribution is -0.137. The van der Waals surface area contributed by atoms with Crippen molar-refractivity contribution in [1.82, 2.24) is 9.80 Å². The highest BCUT2D eigenvalue weighted by Crippen LogP contribution is 2.30. The minimum atomic E-state index is -0.920. The van der Waals surface area contributed by atoms with Crippen LogP contribution in [0.2, 0.25) is 0 Å². The van der Waals surface area contributed by atoms with E-state index in [4.69, 9.17) is 5.11 Å². The fourth-order valence-corrected chi connectivity index (χ4v) is 2.68. The number of carbonyl (C=O) groups excluding carboxylic acids is 1. The molecule has 1 N–H and O–H groups in total. The average Bonchev–Trinajstić information content (AvgIpc) is 3.01. The molecule has 18 heavy (non-hydrogen) atoms. The second-order valence-electron chi connectivity index (χ2n) is 5.40. The molecule has 0 aromatic carbocycles. The monoisotopic (exact) mass is 254 g/mol. The average molecular weight is 254 g/mol. The first-order valence-corrected chi connectivity index (χ1v) is 6.89. The van der Waals surface area contributed by atoms with Crippen LogP contribution in [0.3, 0.4) is 0 Å². The van der Waals surface area contributed by atoms with Crippen molar-refractivity contribution in [3.63, 3.8) is 0 Å². The third-order valence-corrected chi connectivity index (χ3v) is 3.87. The first-order chi connectivity index (χ1) is 8.61. The van der Waals surface area contributed by atoms with Gasteiger partial charge in [-0.05, 0) is 38.0 Å². The first-order valence-electron chi connectivity index (χ1n) is 6.89. The highest BCUT2D eigenvalue weighted by atomic mass is 16.4. The van der Waals surface area contributed by atoms with Gasteiger partial charge in [-0.3, -0.25) is 4.79 Å². The molecule has 5 heteroatoms. The van der Waals surface area contributed by atoms with Crippen LogP contribution in [0.1, 0.15) is 39.0 Å². The highest BCUT2D eigenvalue weighted by Gasteiger charge is 2.34. The molecule has 2 amide bonds. The number of carboxylic acids is 1. The summed E-state index contributed by atoms with van der Waals surface area (Å²) in [7, 11) is 0. The van der Waals surface area contributed by atoms with Crippen molar-refractivity contribution in [2.75, 3.05) is 19.6 Å². The number of hydrogen-bond donors (Lipinski definition) is 1. The van der Waals surface area contributed by atoms with Gasteiger partial charge < -0.3 is 14.9 Å². The maximum absolute atomic E-state index is 12.4. The third-order valence-electron chi connectivity index (χ3n) is 3.87. The van der Waals surface area contributed by atoms with Crippen LogP contribution in [0, 0.1) is 5.92 Å². The highest BCUT2D eigenvalue weighted by molar-refractivity contribution is 5.80. The molecule has 1 aliphatic carbocycles. The summed E-state index contributed by atoms with van der Waals surface area (Å²) in [6.07, 6.45) is 5.29. The Morgan fingerprint density at radius 1 is 1.33 bits per heavy atom. The van der Waals surface area contributed by atoms with Crippen molar-refractivity contribution in [3.8, 4) is 0 Å². The minimum absolute atomic E-state index is 0.0753. The minimum Gasteiger partial charge on any atom is -0.480 e. The van der Waals surface area contributed by atoms with Crippen molar-refractivity contribution >= 4 is 12.0 Å². The van der Waals surface area contributed by atoms with Gasteiger partial charge in [-0.2, -0.15) is 0 Å². The van der Waals surface area contributed by atoms with Gasteiger partial charge in [-0.15, -0.1) is 0 Å². The first kappa shape index (κ1) is 13.2. The molecule has 1 unspecified atom stereocenters. The van der Waals surface area contributed by atoms with Crippen molar-refractivity contribution in [1.29, 1.82) is 0 Å². The van der Waals surface area contributed by atoms with Gasteiger partial charge in [-0.1, -0.05) is 6.92 Å². The molecule has 0 aromatic heterocycles. The molecule has 102 valence electrons. The SMILES string of the molecule is CCC1CCCN1C(=O)N(CC(=O)O)CC1CC1. The number of carboxylic acid groups (broad SMARTS) is 1. The molecular weight excluding hydrogens is 232 g/mol. The van der Waals surface area contributed by atoms with E-state index in [1.54, 1.807) is 0 Å². The lowest BCUT2D eigenvalue weighted by atomic mass is 10.2. The lowest BCUT2D eigenvalue weighted by Crippen LogP contribution is -2.47. The van der Waals surface area contributed by atoms with E-state index in [1.165, 1.54) is 4.90 Å². The van der Waals surface area contributed by atoms with Gasteiger partial charge in [0.05, 0.1) is 0 Å². The summed E-state index contributed by atoms with van der Waals surface area (Å²) >= 11 is 0. The molecule has 0 radical (unpaired) electrons. The van der Waals surface area contributed by atoms with Crippen molar-refractivity contribution in [2.24, 2.45) is 5.92 Å². The molecule has 0 aromatic rings. The molecule has 2 aliphatic rings. The van der Waals surface area contributed by atoms with Gasteiger partial charge in [0, 0.05) is 19.1 Å². The summed E-state index contributed by atoms with van der Waals surface area (Å²) in [6, 6.07) is 0.224. The van der Waals surface area contributed by atoms with Crippen molar-refractivity contribution in [3.05, 3.63) is 0 Å². The maximum atomic E-state index is 12.4. The molecule has 0 bridgehead atoms. The second-order valence-corrected chi connectivity index (χ2v) is 5.40. The molecule has 1 saturated heterocycles. The standard InChI is InChI=1S/C13H22N2O3/c1-2-11-4-3-7-15(11)13(18)14(9-12(16)17)8-10-5-6-10/h10-11H,2-9H2,1H3,(H,16,17). The van der Waals surface area contributed by atoms with E-state index in [1.807, 2.05) is 4.90 Å². The largest absolute Gasteiger partial charge is 0.480 e. The molecule has 1 aliphatic heterocycles. The number of hydrogen-bond acceptors (Lipinski definition) is 2. The molecule has 0 spiro atoms. The molecule has 5 nitrogen and oxygen atoms in total. The van der Waals surface area contributed by atoms with E-state index >= 15 is 0 Å². The van der Waals surface area contributed by atoms with E-state index in [-0.39, 0.29) is 12.6 Å². The smallest absolute Gasteiger partial charge is 0.323 e. The Kier molecular flexibility index (Phi) is 4.09. The van der Waals surface area contributed by atoms with Crippen molar-refractivity contribution < 1.29 is 14.7 Å². The summed E-state index contributed by atoms with van der Waals surface area (Å²) < 4.78 is 0. The van der Waals surface area contributed by atoms with E-state index in [9.17, 15) is 9.59 Å². The van der Waals surface area contributed by atoms with Crippen LogP contribution >= 0.6 is 0 Å². The Hall–Kier alpha value is -1.26. The van der Waals surface area contributed by atoms with Crippen LogP contribution in [0.4, 0.5) is 4.79 Å². The molecular formula is C13H22N2O3. The van der Waals surface area contributed by atoms with Crippen LogP contribution in [0.25, 0.3) is 0 Å². The zero-order valence-electron chi connectivity index (χ0n) is 11.0. The number of carbonyl (C=O) groups is 2. The fraction of sp³-hybridized carbons (Fsp3) is 0.846. The zero-order chi connectivity index (χ0) is 13.1.